The number of tetrazole rings is 1. The summed E-state index contributed by atoms with van der Waals surface area (Å²) >= 11 is 0. The van der Waals surface area contributed by atoms with Crippen molar-refractivity contribution in [3.63, 3.8) is 0 Å². The summed E-state index contributed by atoms with van der Waals surface area (Å²) in [4.78, 5) is 0. The molecule has 0 saturated heterocycles. The summed E-state index contributed by atoms with van der Waals surface area (Å²) in [6.45, 7) is 2.22. The molecule has 112 valence electrons. The monoisotopic (exact) mass is 289 g/mol. The van der Waals surface area contributed by atoms with Crippen LogP contribution in [0.15, 0.2) is 18.2 Å². The lowest BCUT2D eigenvalue weighted by atomic mass is 9.84. The zero-order valence-corrected chi connectivity index (χ0v) is 12.2. The van der Waals surface area contributed by atoms with Crippen molar-refractivity contribution in [2.75, 3.05) is 5.73 Å². The molecule has 1 aliphatic carbocycles. The summed E-state index contributed by atoms with van der Waals surface area (Å²) in [5.74, 6) is 0.955. The first-order valence-corrected chi connectivity index (χ1v) is 7.51. The van der Waals surface area contributed by atoms with Gasteiger partial charge >= 0.3 is 0 Å². The van der Waals surface area contributed by atoms with E-state index in [0.717, 1.165) is 18.8 Å². The summed E-state index contributed by atoms with van der Waals surface area (Å²) in [5.41, 5.74) is 6.74. The Hall–Kier alpha value is -1.98. The van der Waals surface area contributed by atoms with Crippen LogP contribution in [0.25, 0.3) is 11.4 Å². The highest BCUT2D eigenvalue weighted by Crippen LogP contribution is 2.35. The minimum Gasteiger partial charge on any atom is -0.399 e. The minimum atomic E-state index is -0.366. The predicted molar refractivity (Wildman–Crippen MR) is 78.9 cm³/mol. The van der Waals surface area contributed by atoms with Gasteiger partial charge in [-0.2, -0.15) is 0 Å². The molecule has 21 heavy (non-hydrogen) atoms. The lowest BCUT2D eigenvalue weighted by molar-refractivity contribution is 0.246. The van der Waals surface area contributed by atoms with Crippen LogP contribution in [0.2, 0.25) is 0 Å². The summed E-state index contributed by atoms with van der Waals surface area (Å²) < 4.78 is 15.4. The lowest BCUT2D eigenvalue weighted by Crippen LogP contribution is -2.20. The van der Waals surface area contributed by atoms with Gasteiger partial charge in [0, 0.05) is 11.3 Å². The number of hydrogen-bond donors (Lipinski definition) is 1. The molecule has 1 fully saturated rings. The number of benzene rings is 1. The van der Waals surface area contributed by atoms with E-state index in [1.54, 1.807) is 6.07 Å². The highest BCUT2D eigenvalue weighted by molar-refractivity contribution is 5.61. The Labute approximate surface area is 123 Å². The van der Waals surface area contributed by atoms with Gasteiger partial charge in [0.05, 0.1) is 6.04 Å². The molecule has 6 heteroatoms. The van der Waals surface area contributed by atoms with Gasteiger partial charge in [-0.15, -0.1) is 5.10 Å². The molecule has 1 aliphatic rings. The molecule has 1 aromatic carbocycles. The van der Waals surface area contributed by atoms with E-state index < -0.39 is 0 Å². The van der Waals surface area contributed by atoms with E-state index in [-0.39, 0.29) is 11.9 Å². The fraction of sp³-hybridized carbons (Fsp3) is 0.533. The molecule has 2 N–H and O–H groups in total. The van der Waals surface area contributed by atoms with Crippen molar-refractivity contribution in [1.82, 2.24) is 20.2 Å². The minimum absolute atomic E-state index is 0.290. The molecule has 1 aromatic heterocycles. The lowest BCUT2D eigenvalue weighted by Gasteiger charge is -2.28. The first-order chi connectivity index (χ1) is 10.2. The number of aromatic nitrogens is 4. The number of nitrogens with two attached hydrogens (primary N) is 1. The van der Waals surface area contributed by atoms with Crippen molar-refractivity contribution in [3.8, 4) is 11.4 Å². The van der Waals surface area contributed by atoms with Crippen LogP contribution in [0.4, 0.5) is 10.1 Å². The van der Waals surface area contributed by atoms with Crippen LogP contribution in [0.3, 0.4) is 0 Å². The molecular weight excluding hydrogens is 269 g/mol. The van der Waals surface area contributed by atoms with Crippen LogP contribution < -0.4 is 5.73 Å². The van der Waals surface area contributed by atoms with Crippen LogP contribution in [0.5, 0.6) is 0 Å². The van der Waals surface area contributed by atoms with Crippen LogP contribution in [-0.2, 0) is 0 Å². The quantitative estimate of drug-likeness (QED) is 0.881. The van der Waals surface area contributed by atoms with E-state index in [0.29, 0.717) is 17.1 Å². The first-order valence-electron chi connectivity index (χ1n) is 7.51. The maximum Gasteiger partial charge on any atom is 0.182 e. The van der Waals surface area contributed by atoms with Gasteiger partial charge in [0.15, 0.2) is 5.82 Å². The molecule has 0 radical (unpaired) electrons. The smallest absolute Gasteiger partial charge is 0.182 e. The SMILES string of the molecule is CCC1CCCC(n2nnnc2-c2cc(N)cc(F)c2)C1. The summed E-state index contributed by atoms with van der Waals surface area (Å²) in [6.07, 6.45) is 5.80. The maximum atomic E-state index is 13.6. The van der Waals surface area contributed by atoms with Crippen molar-refractivity contribution >= 4 is 5.69 Å². The van der Waals surface area contributed by atoms with Crippen LogP contribution in [0, 0.1) is 11.7 Å². The zero-order chi connectivity index (χ0) is 14.8. The second-order valence-corrected chi connectivity index (χ2v) is 5.82. The molecule has 1 saturated carbocycles. The molecule has 2 unspecified atom stereocenters. The van der Waals surface area contributed by atoms with E-state index >= 15 is 0 Å². The average Bonchev–Trinajstić information content (AvgIpc) is 2.96. The van der Waals surface area contributed by atoms with Crippen molar-refractivity contribution in [1.29, 1.82) is 0 Å². The Morgan fingerprint density at radius 1 is 1.33 bits per heavy atom. The Morgan fingerprint density at radius 2 is 2.19 bits per heavy atom. The fourth-order valence-corrected chi connectivity index (χ4v) is 3.23. The van der Waals surface area contributed by atoms with Crippen molar-refractivity contribution in [3.05, 3.63) is 24.0 Å². The molecule has 0 spiro atoms. The Morgan fingerprint density at radius 3 is 2.95 bits per heavy atom. The van der Waals surface area contributed by atoms with Gasteiger partial charge in [-0.25, -0.2) is 9.07 Å². The van der Waals surface area contributed by atoms with E-state index in [1.165, 1.54) is 31.4 Å². The molecule has 0 aliphatic heterocycles. The second-order valence-electron chi connectivity index (χ2n) is 5.82. The summed E-state index contributed by atoms with van der Waals surface area (Å²) in [6, 6.07) is 4.73. The number of halogens is 1. The molecule has 1 heterocycles. The largest absolute Gasteiger partial charge is 0.399 e. The van der Waals surface area contributed by atoms with Crippen molar-refractivity contribution < 1.29 is 4.39 Å². The van der Waals surface area contributed by atoms with Gasteiger partial charge in [0.2, 0.25) is 0 Å². The Kier molecular flexibility index (Phi) is 3.86. The standard InChI is InChI=1S/C15H20FN5/c1-2-10-4-3-5-14(6-10)21-15(18-19-20-21)11-7-12(16)9-13(17)8-11/h7-10,14H,2-6,17H2,1H3. The molecular formula is C15H20FN5. The van der Waals surface area contributed by atoms with Gasteiger partial charge in [0.25, 0.3) is 0 Å². The van der Waals surface area contributed by atoms with E-state index in [9.17, 15) is 4.39 Å². The summed E-state index contributed by atoms with van der Waals surface area (Å²) in [5, 5.41) is 12.0. The molecule has 2 atom stereocenters. The van der Waals surface area contributed by atoms with Gasteiger partial charge in [-0.05, 0) is 47.4 Å². The number of nitrogens with zero attached hydrogens (tertiary/aromatic N) is 4. The molecule has 5 nitrogen and oxygen atoms in total. The number of anilines is 1. The highest BCUT2D eigenvalue weighted by Gasteiger charge is 2.25. The van der Waals surface area contributed by atoms with Crippen LogP contribution in [0.1, 0.15) is 45.1 Å². The third-order valence-corrected chi connectivity index (χ3v) is 4.35. The predicted octanol–water partition coefficient (Wildman–Crippen LogP) is 3.20. The average molecular weight is 289 g/mol. The summed E-state index contributed by atoms with van der Waals surface area (Å²) in [7, 11) is 0. The molecule has 0 bridgehead atoms. The van der Waals surface area contributed by atoms with Gasteiger partial charge in [0.1, 0.15) is 5.82 Å². The first kappa shape index (κ1) is 14.0. The maximum absolute atomic E-state index is 13.6. The van der Waals surface area contributed by atoms with Gasteiger partial charge in [-0.3, -0.25) is 0 Å². The molecule has 2 aromatic rings. The topological polar surface area (TPSA) is 69.6 Å². The number of hydrogen-bond acceptors (Lipinski definition) is 4. The van der Waals surface area contributed by atoms with Gasteiger partial charge in [-0.1, -0.05) is 26.2 Å². The van der Waals surface area contributed by atoms with E-state index in [2.05, 4.69) is 22.4 Å². The van der Waals surface area contributed by atoms with E-state index in [1.807, 2.05) is 4.68 Å². The molecule has 3 rings (SSSR count). The second kappa shape index (κ2) is 5.79. The normalized spacial score (nSPS) is 22.4. The number of nitrogen functional groups attached to an aromatic ring is 1. The van der Waals surface area contributed by atoms with Crippen molar-refractivity contribution in [2.24, 2.45) is 5.92 Å². The Bertz CT molecular complexity index is 604. The zero-order valence-electron chi connectivity index (χ0n) is 12.2. The fourth-order valence-electron chi connectivity index (χ4n) is 3.23. The molecule has 0 amide bonds. The third kappa shape index (κ3) is 2.89. The Balaban J connectivity index is 1.93. The van der Waals surface area contributed by atoms with E-state index in [4.69, 9.17) is 5.73 Å². The van der Waals surface area contributed by atoms with Crippen molar-refractivity contribution in [2.45, 2.75) is 45.1 Å². The highest BCUT2D eigenvalue weighted by atomic mass is 19.1. The number of rotatable bonds is 3. The van der Waals surface area contributed by atoms with Crippen LogP contribution in [-0.4, -0.2) is 20.2 Å². The third-order valence-electron chi connectivity index (χ3n) is 4.35. The van der Waals surface area contributed by atoms with Gasteiger partial charge < -0.3 is 5.73 Å². The van der Waals surface area contributed by atoms with Crippen LogP contribution >= 0.6 is 0 Å².